The van der Waals surface area contributed by atoms with Gasteiger partial charge in [0.1, 0.15) is 12.3 Å². The van der Waals surface area contributed by atoms with Crippen molar-refractivity contribution in [2.45, 2.75) is 60.4 Å². The molecule has 3 aromatic carbocycles. The lowest BCUT2D eigenvalue weighted by molar-refractivity contribution is -0.166. The van der Waals surface area contributed by atoms with E-state index < -0.39 is 83.6 Å². The molecule has 0 saturated carbocycles. The number of nitrogens with one attached hydrogen (secondary N) is 1. The van der Waals surface area contributed by atoms with E-state index in [0.29, 0.717) is 22.5 Å². The molecular weight excluding hydrogens is 805 g/mol. The second kappa shape index (κ2) is 10.5. The Morgan fingerprint density at radius 1 is 0.673 bits per heavy atom. The number of sulfonamides is 1. The van der Waals surface area contributed by atoms with Gasteiger partial charge in [-0.25, -0.2) is 12.7 Å². The number of aliphatic hydroxyl groups excluding tert-OH is 2. The Morgan fingerprint density at radius 3 is 1.84 bits per heavy atom. The van der Waals surface area contributed by atoms with E-state index >= 15 is 22.8 Å². The average Bonchev–Trinajstić information content (AvgIpc) is 3.88. The lowest BCUT2D eigenvalue weighted by atomic mass is 9.54. The van der Waals surface area contributed by atoms with E-state index in [2.05, 4.69) is 5.32 Å². The SMILES string of the molecule is CN1C(=O)[C@@]23C[C@]4([C@]56C[C@@]78SS[C@@](CO)(C(=O)N7[C@H]5N(S(=O)(=O)c5ccccc5)c5ccccc56)N(C)C8=O)c5ccccc5N[C@@H]4N2C(=O)[C@]1(CO)SS3. The molecule has 3 aromatic rings. The van der Waals surface area contributed by atoms with Gasteiger partial charge >= 0.3 is 0 Å². The molecule has 0 unspecified atom stereocenters. The number of anilines is 2. The highest BCUT2D eigenvalue weighted by atomic mass is 33.1. The van der Waals surface area contributed by atoms with Crippen LogP contribution in [0.15, 0.2) is 83.8 Å². The molecule has 3 N–H and O–H groups in total. The van der Waals surface area contributed by atoms with Gasteiger partial charge in [-0.05, 0) is 57.0 Å². The van der Waals surface area contributed by atoms with Crippen molar-refractivity contribution in [1.29, 1.82) is 0 Å². The predicted molar refractivity (Wildman–Crippen MR) is 207 cm³/mol. The first-order valence-electron chi connectivity index (χ1n) is 17.6. The van der Waals surface area contributed by atoms with Gasteiger partial charge in [0.15, 0.2) is 9.74 Å². The number of fused-ring (bicyclic) bond motifs is 11. The Morgan fingerprint density at radius 2 is 1.20 bits per heavy atom. The maximum Gasteiger partial charge on any atom is 0.266 e. The fraction of sp³-hybridized carbons (Fsp3) is 0.389. The second-order valence-corrected chi connectivity index (χ2v) is 22.4. The number of nitrogens with zero attached hydrogens (tertiary/aromatic N) is 5. The maximum absolute atomic E-state index is 15.4. The van der Waals surface area contributed by atoms with Crippen molar-refractivity contribution in [2.75, 3.05) is 36.9 Å². The number of amides is 4. The predicted octanol–water partition coefficient (Wildman–Crippen LogP) is 2.12. The molecule has 8 saturated heterocycles. The van der Waals surface area contributed by atoms with Gasteiger partial charge in [-0.2, -0.15) is 0 Å². The molecule has 10 aliphatic rings. The minimum Gasteiger partial charge on any atom is -0.392 e. The van der Waals surface area contributed by atoms with Crippen molar-refractivity contribution in [3.8, 4) is 0 Å². The third-order valence-electron chi connectivity index (χ3n) is 13.4. The summed E-state index contributed by atoms with van der Waals surface area (Å²) in [5, 5.41) is 25.3. The normalized spacial score (nSPS) is 38.9. The summed E-state index contributed by atoms with van der Waals surface area (Å²) in [5.41, 5.74) is -0.612. The van der Waals surface area contributed by atoms with Crippen molar-refractivity contribution in [3.05, 3.63) is 90.0 Å². The number of hydrogen-bond acceptors (Lipinski definition) is 13. The van der Waals surface area contributed by atoms with Crippen LogP contribution in [0.3, 0.4) is 0 Å². The lowest BCUT2D eigenvalue weighted by Crippen LogP contribution is -2.78. The van der Waals surface area contributed by atoms with Gasteiger partial charge in [-0.1, -0.05) is 76.2 Å². The topological polar surface area (TPSA) is 171 Å². The molecule has 0 aliphatic carbocycles. The first-order chi connectivity index (χ1) is 26.3. The van der Waals surface area contributed by atoms with E-state index in [1.807, 2.05) is 30.3 Å². The zero-order valence-electron chi connectivity index (χ0n) is 29.1. The van der Waals surface area contributed by atoms with Gasteiger partial charge in [0.25, 0.3) is 33.7 Å². The Hall–Kier alpha value is -3.59. The molecule has 10 aliphatic heterocycles. The summed E-state index contributed by atoms with van der Waals surface area (Å²) < 4.78 is 32.0. The summed E-state index contributed by atoms with van der Waals surface area (Å²) in [6.45, 7) is -1.34. The number of likely N-dealkylation sites (N-methyl/N-ethyl adjacent to an activating group) is 2. The fourth-order valence-electron chi connectivity index (χ4n) is 11.0. The Bertz CT molecular complexity index is 2450. The molecule has 13 rings (SSSR count). The molecule has 8 atom stereocenters. The highest BCUT2D eigenvalue weighted by Gasteiger charge is 2.89. The third-order valence-corrected chi connectivity index (χ3v) is 22.4. The van der Waals surface area contributed by atoms with Gasteiger partial charge in [-0.3, -0.25) is 29.0 Å². The number of piperazine rings is 2. The largest absolute Gasteiger partial charge is 0.392 e. The first-order valence-corrected chi connectivity index (χ1v) is 23.3. The number of rotatable bonds is 5. The van der Waals surface area contributed by atoms with Crippen molar-refractivity contribution in [3.63, 3.8) is 0 Å². The monoisotopic (exact) mass is 836 g/mol. The number of para-hydroxylation sites is 2. The molecule has 2 spiro atoms. The van der Waals surface area contributed by atoms with Crippen LogP contribution in [0.1, 0.15) is 24.0 Å². The van der Waals surface area contributed by atoms with Gasteiger partial charge in [0.2, 0.25) is 9.74 Å². The smallest absolute Gasteiger partial charge is 0.266 e. The van der Waals surface area contributed by atoms with Gasteiger partial charge in [0, 0.05) is 32.6 Å². The standard InChI is InChI=1S/C36H32N6O8S5/c1-38-27(45)33-16-31(21-12-6-8-14-23(21)37-25(31)40(33)29(47)35(38,18-43)53-51-33)32-17-34-28(46)39(2)36(19-44,54-52-34)30(48)41(34)26(32)42(24-15-9-7-13-22(24)32)55(49,50)20-10-4-3-5-11-20/h3-15,25-26,37,43-44H,16-19H2,1-2H3/t25-,26+,31+,32+,33+,34+,35+,36+/m1/s1. The molecule has 4 bridgehead atoms. The van der Waals surface area contributed by atoms with Crippen LogP contribution in [0.5, 0.6) is 0 Å². The van der Waals surface area contributed by atoms with Crippen LogP contribution < -0.4 is 9.62 Å². The summed E-state index contributed by atoms with van der Waals surface area (Å²) >= 11 is 0. The quantitative estimate of drug-likeness (QED) is 0.320. The molecule has 55 heavy (non-hydrogen) atoms. The molecule has 14 nitrogen and oxygen atoms in total. The highest BCUT2D eigenvalue weighted by molar-refractivity contribution is 8.78. The zero-order valence-corrected chi connectivity index (χ0v) is 33.2. The minimum absolute atomic E-state index is 0.00206. The van der Waals surface area contributed by atoms with Gasteiger partial charge < -0.3 is 25.3 Å². The Balaban J connectivity index is 1.28. The second-order valence-electron chi connectivity index (χ2n) is 15.3. The first kappa shape index (κ1) is 34.6. The van der Waals surface area contributed by atoms with Crippen LogP contribution in [-0.2, 0) is 40.0 Å². The van der Waals surface area contributed by atoms with E-state index in [9.17, 15) is 15.0 Å². The molecule has 10 heterocycles. The molecule has 284 valence electrons. The third kappa shape index (κ3) is 3.36. The van der Waals surface area contributed by atoms with Crippen molar-refractivity contribution >= 4 is 88.2 Å². The van der Waals surface area contributed by atoms with E-state index in [1.54, 1.807) is 41.3 Å². The molecule has 4 amide bonds. The lowest BCUT2D eigenvalue weighted by Gasteiger charge is -2.58. The van der Waals surface area contributed by atoms with E-state index in [4.69, 9.17) is 0 Å². The van der Waals surface area contributed by atoms with E-state index in [0.717, 1.165) is 32.4 Å². The molecule has 19 heteroatoms. The van der Waals surface area contributed by atoms with Gasteiger partial charge in [0.05, 0.1) is 34.6 Å². The maximum atomic E-state index is 15.4. The number of carbonyl (C=O) groups excluding carboxylic acids is 4. The minimum atomic E-state index is -4.50. The summed E-state index contributed by atoms with van der Waals surface area (Å²) in [6.07, 6.45) is -2.45. The summed E-state index contributed by atoms with van der Waals surface area (Å²) in [7, 11) is 3.12. The molecular formula is C36H32N6O8S5. The number of benzene rings is 3. The van der Waals surface area contributed by atoms with Crippen LogP contribution in [0.25, 0.3) is 0 Å². The number of aliphatic hydroxyl groups is 2. The zero-order chi connectivity index (χ0) is 38.3. The Kier molecular flexibility index (Phi) is 6.60. The molecule has 8 fully saturated rings. The van der Waals surface area contributed by atoms with Gasteiger partial charge in [-0.15, -0.1) is 0 Å². The van der Waals surface area contributed by atoms with E-state index in [-0.39, 0.29) is 23.6 Å². The van der Waals surface area contributed by atoms with Crippen LogP contribution in [-0.4, -0.2) is 121 Å². The number of carbonyl (C=O) groups is 4. The summed E-state index contributed by atoms with van der Waals surface area (Å²) in [6, 6.07) is 22.5. The summed E-state index contributed by atoms with van der Waals surface area (Å²) in [5.74, 6) is -1.90. The van der Waals surface area contributed by atoms with Crippen LogP contribution in [0.4, 0.5) is 11.4 Å². The Labute approximate surface area is 331 Å². The van der Waals surface area contributed by atoms with Crippen molar-refractivity contribution in [2.24, 2.45) is 0 Å². The molecule has 0 aromatic heterocycles. The van der Waals surface area contributed by atoms with Crippen LogP contribution in [0.2, 0.25) is 0 Å². The van der Waals surface area contributed by atoms with E-state index in [1.165, 1.54) is 56.0 Å². The molecule has 0 radical (unpaired) electrons. The van der Waals surface area contributed by atoms with Crippen molar-refractivity contribution < 1.29 is 37.8 Å². The van der Waals surface area contributed by atoms with Crippen molar-refractivity contribution in [1.82, 2.24) is 19.6 Å². The van der Waals surface area contributed by atoms with Crippen LogP contribution >= 0.6 is 43.2 Å². The average molecular weight is 837 g/mol. The summed E-state index contributed by atoms with van der Waals surface area (Å²) in [4.78, 5) is 59.2. The number of hydrogen-bond donors (Lipinski definition) is 3. The highest BCUT2D eigenvalue weighted by Crippen LogP contribution is 2.79. The van der Waals surface area contributed by atoms with Crippen LogP contribution in [0, 0.1) is 0 Å². The fourth-order valence-corrected chi connectivity index (χ4v) is 19.9.